The summed E-state index contributed by atoms with van der Waals surface area (Å²) in [6.45, 7) is 4.32. The zero-order valence-electron chi connectivity index (χ0n) is 17.3. The van der Waals surface area contributed by atoms with E-state index in [2.05, 4.69) is 34.1 Å². The van der Waals surface area contributed by atoms with Crippen LogP contribution in [0.2, 0.25) is 0 Å². The molecule has 5 nitrogen and oxygen atoms in total. The average molecular weight is 412 g/mol. The molecule has 0 radical (unpaired) electrons. The van der Waals surface area contributed by atoms with Gasteiger partial charge in [0.25, 0.3) is 0 Å². The standard InChI is InChI=1S/C26H25N3O2/c30-23-13-7-12-22(18-23)29-16-14-28(15-17-29)19-24-27-25(20-8-3-1-4-9-20)26(31-24)21-10-5-2-6-11-21/h1-13,18,30H,14-17,19H2. The summed E-state index contributed by atoms with van der Waals surface area (Å²) in [6.07, 6.45) is 0. The molecule has 0 atom stereocenters. The summed E-state index contributed by atoms with van der Waals surface area (Å²) in [5.74, 6) is 1.87. The highest BCUT2D eigenvalue weighted by atomic mass is 16.4. The number of hydrogen-bond acceptors (Lipinski definition) is 5. The van der Waals surface area contributed by atoms with E-state index in [1.165, 1.54) is 0 Å². The van der Waals surface area contributed by atoms with E-state index in [1.54, 1.807) is 6.07 Å². The Morgan fingerprint density at radius 3 is 2.13 bits per heavy atom. The van der Waals surface area contributed by atoms with E-state index in [4.69, 9.17) is 9.40 Å². The fourth-order valence-corrected chi connectivity index (χ4v) is 4.05. The van der Waals surface area contributed by atoms with Crippen LogP contribution in [0, 0.1) is 0 Å². The molecule has 0 aliphatic carbocycles. The smallest absolute Gasteiger partial charge is 0.209 e. The average Bonchev–Trinajstić information content (AvgIpc) is 3.24. The topological polar surface area (TPSA) is 52.7 Å². The molecule has 1 saturated heterocycles. The number of oxazole rings is 1. The molecule has 0 bridgehead atoms. The number of anilines is 1. The minimum Gasteiger partial charge on any atom is -0.508 e. The minimum absolute atomic E-state index is 0.307. The highest BCUT2D eigenvalue weighted by Crippen LogP contribution is 2.33. The minimum atomic E-state index is 0.307. The predicted molar refractivity (Wildman–Crippen MR) is 123 cm³/mol. The maximum atomic E-state index is 9.75. The lowest BCUT2D eigenvalue weighted by Crippen LogP contribution is -2.46. The first-order valence-corrected chi connectivity index (χ1v) is 10.6. The number of hydrogen-bond donors (Lipinski definition) is 1. The van der Waals surface area contributed by atoms with Crippen LogP contribution >= 0.6 is 0 Å². The van der Waals surface area contributed by atoms with Crippen LogP contribution in [0.15, 0.2) is 89.3 Å². The van der Waals surface area contributed by atoms with Gasteiger partial charge in [0.1, 0.15) is 11.4 Å². The summed E-state index contributed by atoms with van der Waals surface area (Å²) in [5.41, 5.74) is 4.05. The molecule has 1 fully saturated rings. The Morgan fingerprint density at radius 1 is 0.774 bits per heavy atom. The van der Waals surface area contributed by atoms with Gasteiger partial charge in [-0.1, -0.05) is 66.7 Å². The lowest BCUT2D eigenvalue weighted by atomic mass is 10.1. The van der Waals surface area contributed by atoms with Crippen molar-refractivity contribution in [2.75, 3.05) is 31.1 Å². The van der Waals surface area contributed by atoms with Gasteiger partial charge in [0.2, 0.25) is 5.89 Å². The van der Waals surface area contributed by atoms with E-state index in [0.29, 0.717) is 12.3 Å². The molecular formula is C26H25N3O2. The molecule has 0 saturated carbocycles. The van der Waals surface area contributed by atoms with E-state index >= 15 is 0 Å². The quantitative estimate of drug-likeness (QED) is 0.499. The first kappa shape index (κ1) is 19.4. The number of aromatic nitrogens is 1. The van der Waals surface area contributed by atoms with Crippen molar-refractivity contribution < 1.29 is 9.52 Å². The summed E-state index contributed by atoms with van der Waals surface area (Å²) in [5, 5.41) is 9.75. The molecule has 0 amide bonds. The van der Waals surface area contributed by atoms with Crippen molar-refractivity contribution in [3.63, 3.8) is 0 Å². The van der Waals surface area contributed by atoms with Crippen molar-refractivity contribution >= 4 is 5.69 Å². The lowest BCUT2D eigenvalue weighted by molar-refractivity contribution is 0.227. The Labute approximate surface area is 182 Å². The first-order chi connectivity index (χ1) is 15.3. The molecule has 4 aromatic rings. The zero-order chi connectivity index (χ0) is 21.0. The van der Waals surface area contributed by atoms with Crippen LogP contribution < -0.4 is 4.90 Å². The van der Waals surface area contributed by atoms with Gasteiger partial charge >= 0.3 is 0 Å². The third kappa shape index (κ3) is 4.32. The van der Waals surface area contributed by atoms with Gasteiger partial charge in [0, 0.05) is 49.1 Å². The first-order valence-electron chi connectivity index (χ1n) is 10.6. The van der Waals surface area contributed by atoms with Crippen molar-refractivity contribution in [1.82, 2.24) is 9.88 Å². The summed E-state index contributed by atoms with van der Waals surface area (Å²) in [6, 6.07) is 27.8. The van der Waals surface area contributed by atoms with Crippen molar-refractivity contribution in [1.29, 1.82) is 0 Å². The molecular weight excluding hydrogens is 386 g/mol. The molecule has 0 spiro atoms. The van der Waals surface area contributed by atoms with Gasteiger partial charge in [-0.2, -0.15) is 0 Å². The third-order valence-corrected chi connectivity index (χ3v) is 5.68. The van der Waals surface area contributed by atoms with Crippen molar-refractivity contribution in [2.45, 2.75) is 6.54 Å². The number of rotatable bonds is 5. The maximum Gasteiger partial charge on any atom is 0.209 e. The van der Waals surface area contributed by atoms with E-state index in [0.717, 1.165) is 60.3 Å². The van der Waals surface area contributed by atoms with Crippen molar-refractivity contribution in [3.8, 4) is 28.3 Å². The highest BCUT2D eigenvalue weighted by molar-refractivity contribution is 5.76. The number of benzene rings is 3. The molecule has 0 unspecified atom stereocenters. The van der Waals surface area contributed by atoms with Gasteiger partial charge in [-0.25, -0.2) is 4.98 Å². The van der Waals surface area contributed by atoms with Crippen LogP contribution in [0.4, 0.5) is 5.69 Å². The fourth-order valence-electron chi connectivity index (χ4n) is 4.05. The van der Waals surface area contributed by atoms with Gasteiger partial charge in [-0.3, -0.25) is 4.90 Å². The van der Waals surface area contributed by atoms with Gasteiger partial charge in [0.05, 0.1) is 6.54 Å². The van der Waals surface area contributed by atoms with E-state index in [1.807, 2.05) is 54.6 Å². The number of phenols is 1. The van der Waals surface area contributed by atoms with Crippen LogP contribution in [0.1, 0.15) is 5.89 Å². The maximum absolute atomic E-state index is 9.75. The van der Waals surface area contributed by atoms with Crippen LogP contribution in [0.3, 0.4) is 0 Å². The van der Waals surface area contributed by atoms with Gasteiger partial charge in [0.15, 0.2) is 5.76 Å². The summed E-state index contributed by atoms with van der Waals surface area (Å²) < 4.78 is 6.29. The summed E-state index contributed by atoms with van der Waals surface area (Å²) in [7, 11) is 0. The molecule has 1 aliphatic rings. The van der Waals surface area contributed by atoms with Crippen LogP contribution in [0.25, 0.3) is 22.6 Å². The molecule has 3 aromatic carbocycles. The monoisotopic (exact) mass is 411 g/mol. The molecule has 1 aromatic heterocycles. The Hall–Kier alpha value is -3.57. The van der Waals surface area contributed by atoms with Gasteiger partial charge in [-0.15, -0.1) is 0 Å². The molecule has 5 heteroatoms. The van der Waals surface area contributed by atoms with Crippen molar-refractivity contribution in [2.24, 2.45) is 0 Å². The number of nitrogens with zero attached hydrogens (tertiary/aromatic N) is 3. The van der Waals surface area contributed by atoms with Crippen LogP contribution in [-0.2, 0) is 6.54 Å². The Balaban J connectivity index is 1.34. The zero-order valence-corrected chi connectivity index (χ0v) is 17.3. The largest absolute Gasteiger partial charge is 0.508 e. The predicted octanol–water partition coefficient (Wildman–Crippen LogP) is 5.04. The molecule has 156 valence electrons. The van der Waals surface area contributed by atoms with Crippen LogP contribution in [-0.4, -0.2) is 41.2 Å². The Kier molecular flexibility index (Phi) is 5.42. The molecule has 2 heterocycles. The van der Waals surface area contributed by atoms with Gasteiger partial charge in [-0.05, 0) is 12.1 Å². The van der Waals surface area contributed by atoms with Gasteiger partial charge < -0.3 is 14.4 Å². The highest BCUT2D eigenvalue weighted by Gasteiger charge is 2.22. The van der Waals surface area contributed by atoms with E-state index in [9.17, 15) is 5.11 Å². The second kappa shape index (κ2) is 8.66. The second-order valence-electron chi connectivity index (χ2n) is 7.80. The normalized spacial score (nSPS) is 14.6. The SMILES string of the molecule is Oc1cccc(N2CCN(Cc3nc(-c4ccccc4)c(-c4ccccc4)o3)CC2)c1. The van der Waals surface area contributed by atoms with Crippen LogP contribution in [0.5, 0.6) is 5.75 Å². The summed E-state index contributed by atoms with van der Waals surface area (Å²) in [4.78, 5) is 9.56. The Bertz CT molecular complexity index is 1080. The molecule has 1 N–H and O–H groups in total. The number of aromatic hydroxyl groups is 1. The number of piperazine rings is 1. The van der Waals surface area contributed by atoms with Crippen molar-refractivity contribution in [3.05, 3.63) is 90.8 Å². The fraction of sp³-hybridized carbons (Fsp3) is 0.192. The lowest BCUT2D eigenvalue weighted by Gasteiger charge is -2.35. The third-order valence-electron chi connectivity index (χ3n) is 5.68. The van der Waals surface area contributed by atoms with E-state index in [-0.39, 0.29) is 0 Å². The number of phenolic OH excluding ortho intramolecular Hbond substituents is 1. The summed E-state index contributed by atoms with van der Waals surface area (Å²) >= 11 is 0. The Morgan fingerprint density at radius 2 is 1.45 bits per heavy atom. The molecule has 1 aliphatic heterocycles. The van der Waals surface area contributed by atoms with E-state index < -0.39 is 0 Å². The second-order valence-corrected chi connectivity index (χ2v) is 7.80. The molecule has 5 rings (SSSR count). The molecule has 31 heavy (non-hydrogen) atoms.